The van der Waals surface area contributed by atoms with Gasteiger partial charge in [-0.2, -0.15) is 0 Å². The Labute approximate surface area is 434 Å². The van der Waals surface area contributed by atoms with Crippen molar-refractivity contribution in [2.75, 3.05) is 0 Å². The van der Waals surface area contributed by atoms with Crippen molar-refractivity contribution in [2.24, 2.45) is 0 Å². The normalized spacial score (nSPS) is 11.9. The van der Waals surface area contributed by atoms with Crippen molar-refractivity contribution in [1.29, 1.82) is 0 Å². The van der Waals surface area contributed by atoms with Crippen LogP contribution in [-0.2, 0) is 0 Å². The minimum absolute atomic E-state index is 0.512. The minimum atomic E-state index is 0.512. The molecule has 0 unspecified atom stereocenters. The zero-order valence-electron chi connectivity index (χ0n) is 40.7. The van der Waals surface area contributed by atoms with Gasteiger partial charge in [-0.25, -0.2) is 15.0 Å². The largest absolute Gasteiger partial charge is 0.456 e. The lowest BCUT2D eigenvalue weighted by atomic mass is 10.0. The Morgan fingerprint density at radius 2 is 0.816 bits per heavy atom. The standard InChI is InChI=1S/C69H41N5O2/c1-3-17-42(18-4-1)44-21-13-22-47(39-44)73-57-30-10-7-23-48(57)50-26-15-33-60(65(50)73)74-58-31-11-8-25-52(58)64-53(28-16-32-59(64)74)68-70-67(46-36-38-62-55(41-46)49-24-9-12-34-61(49)75-62)71-69(72-68)54-29-14-27-51-56-40-45(43-19-5-2-6-20-43)35-37-63(56)76-66(51)54/h1-41H. The van der Waals surface area contributed by atoms with Gasteiger partial charge in [0.2, 0.25) is 0 Å². The van der Waals surface area contributed by atoms with Crippen LogP contribution in [0.15, 0.2) is 258 Å². The summed E-state index contributed by atoms with van der Waals surface area (Å²) in [6.07, 6.45) is 0. The summed E-state index contributed by atoms with van der Waals surface area (Å²) in [5.74, 6) is 1.60. The highest BCUT2D eigenvalue weighted by Gasteiger charge is 2.25. The summed E-state index contributed by atoms with van der Waals surface area (Å²) in [5, 5.41) is 8.53. The van der Waals surface area contributed by atoms with Gasteiger partial charge >= 0.3 is 0 Å². The van der Waals surface area contributed by atoms with Gasteiger partial charge in [0.25, 0.3) is 0 Å². The van der Waals surface area contributed by atoms with E-state index in [2.05, 4.69) is 221 Å². The number of para-hydroxylation sites is 5. The molecule has 0 aliphatic heterocycles. The van der Waals surface area contributed by atoms with Crippen LogP contribution in [0.1, 0.15) is 0 Å². The Hall–Kier alpha value is -10.4. The first-order valence-corrected chi connectivity index (χ1v) is 25.6. The van der Waals surface area contributed by atoms with E-state index < -0.39 is 0 Å². The average molecular weight is 972 g/mol. The molecule has 0 radical (unpaired) electrons. The van der Waals surface area contributed by atoms with Crippen LogP contribution in [0.5, 0.6) is 0 Å². The third-order valence-electron chi connectivity index (χ3n) is 15.2. The topological polar surface area (TPSA) is 74.8 Å². The van der Waals surface area contributed by atoms with Crippen LogP contribution < -0.4 is 0 Å². The summed E-state index contributed by atoms with van der Waals surface area (Å²) >= 11 is 0. The SMILES string of the molecule is c1ccc(-c2cccc(-n3c4ccccc4c4cccc(-n5c6ccccc6c6c(-c7nc(-c8ccc9oc%10ccccc%10c9c8)nc(-c8cccc9c8oc8ccc(-c%10ccccc%10)cc89)n7)cccc65)c43)c2)cc1. The first kappa shape index (κ1) is 42.2. The van der Waals surface area contributed by atoms with E-state index in [1.165, 1.54) is 16.3 Å². The molecule has 0 saturated carbocycles. The zero-order chi connectivity index (χ0) is 49.8. The highest BCUT2D eigenvalue weighted by molar-refractivity contribution is 6.18. The molecule has 5 aromatic heterocycles. The summed E-state index contributed by atoms with van der Waals surface area (Å²) in [6.45, 7) is 0. The number of rotatable bonds is 7. The Kier molecular flexibility index (Phi) is 9.20. The van der Waals surface area contributed by atoms with Crippen molar-refractivity contribution in [3.8, 4) is 67.8 Å². The Bertz CT molecular complexity index is 5000. The lowest BCUT2D eigenvalue weighted by Crippen LogP contribution is -2.01. The maximum atomic E-state index is 6.81. The van der Waals surface area contributed by atoms with Crippen molar-refractivity contribution in [3.05, 3.63) is 249 Å². The molecule has 0 fully saturated rings. The lowest BCUT2D eigenvalue weighted by Gasteiger charge is -2.15. The van der Waals surface area contributed by atoms with Crippen LogP contribution in [0.2, 0.25) is 0 Å². The molecule has 76 heavy (non-hydrogen) atoms. The molecule has 5 heterocycles. The molecule has 0 amide bonds. The zero-order valence-corrected chi connectivity index (χ0v) is 40.7. The minimum Gasteiger partial charge on any atom is -0.456 e. The molecule has 16 rings (SSSR count). The van der Waals surface area contributed by atoms with Gasteiger partial charge in [-0.15, -0.1) is 0 Å². The van der Waals surface area contributed by atoms with Crippen LogP contribution in [0.25, 0.3) is 155 Å². The van der Waals surface area contributed by atoms with E-state index in [9.17, 15) is 0 Å². The Morgan fingerprint density at radius 3 is 1.63 bits per heavy atom. The molecular weight excluding hydrogens is 931 g/mol. The van der Waals surface area contributed by atoms with E-state index >= 15 is 0 Å². The number of hydrogen-bond acceptors (Lipinski definition) is 5. The summed E-state index contributed by atoms with van der Waals surface area (Å²) in [5.41, 5.74) is 16.8. The van der Waals surface area contributed by atoms with Gasteiger partial charge in [-0.3, -0.25) is 0 Å². The third kappa shape index (κ3) is 6.46. The summed E-state index contributed by atoms with van der Waals surface area (Å²) in [7, 11) is 0. The van der Waals surface area contributed by atoms with Gasteiger partial charge < -0.3 is 18.0 Å². The quantitative estimate of drug-likeness (QED) is 0.159. The molecule has 11 aromatic carbocycles. The second-order valence-corrected chi connectivity index (χ2v) is 19.5. The molecule has 0 bridgehead atoms. The van der Waals surface area contributed by atoms with E-state index in [-0.39, 0.29) is 0 Å². The molecule has 354 valence electrons. The summed E-state index contributed by atoms with van der Waals surface area (Å²) in [6, 6.07) is 87.5. The summed E-state index contributed by atoms with van der Waals surface area (Å²) in [4.78, 5) is 16.3. The first-order chi connectivity index (χ1) is 37.7. The second-order valence-electron chi connectivity index (χ2n) is 19.5. The highest BCUT2D eigenvalue weighted by Crippen LogP contribution is 2.44. The predicted octanol–water partition coefficient (Wildman–Crippen LogP) is 18.2. The van der Waals surface area contributed by atoms with Crippen molar-refractivity contribution in [2.45, 2.75) is 0 Å². The number of hydrogen-bond donors (Lipinski definition) is 0. The highest BCUT2D eigenvalue weighted by atomic mass is 16.3. The smallest absolute Gasteiger partial charge is 0.167 e. The Morgan fingerprint density at radius 1 is 0.289 bits per heavy atom. The molecule has 0 aliphatic carbocycles. The van der Waals surface area contributed by atoms with E-state index in [4.69, 9.17) is 23.8 Å². The average Bonchev–Trinajstić information content (AvgIpc) is 4.29. The fourth-order valence-corrected chi connectivity index (χ4v) is 11.8. The number of nitrogens with zero attached hydrogens (tertiary/aromatic N) is 5. The van der Waals surface area contributed by atoms with Crippen LogP contribution >= 0.6 is 0 Å². The van der Waals surface area contributed by atoms with E-state index in [0.717, 1.165) is 121 Å². The number of aromatic nitrogens is 5. The van der Waals surface area contributed by atoms with Crippen LogP contribution in [0.3, 0.4) is 0 Å². The van der Waals surface area contributed by atoms with Gasteiger partial charge in [0.05, 0.1) is 33.3 Å². The van der Waals surface area contributed by atoms with Gasteiger partial charge in [-0.1, -0.05) is 170 Å². The van der Waals surface area contributed by atoms with Crippen molar-refractivity contribution in [3.63, 3.8) is 0 Å². The molecule has 0 aliphatic rings. The van der Waals surface area contributed by atoms with Gasteiger partial charge in [0.15, 0.2) is 17.5 Å². The second kappa shape index (κ2) is 16.6. The molecule has 0 atom stereocenters. The lowest BCUT2D eigenvalue weighted by molar-refractivity contribution is 0.669. The molecule has 0 N–H and O–H groups in total. The molecule has 7 nitrogen and oxygen atoms in total. The maximum absolute atomic E-state index is 6.81. The molecule has 7 heteroatoms. The third-order valence-corrected chi connectivity index (χ3v) is 15.2. The van der Waals surface area contributed by atoms with E-state index in [0.29, 0.717) is 17.5 Å². The van der Waals surface area contributed by atoms with Crippen LogP contribution in [0, 0.1) is 0 Å². The molecule has 16 aromatic rings. The molecular formula is C69H41N5O2. The van der Waals surface area contributed by atoms with Crippen molar-refractivity contribution >= 4 is 87.5 Å². The maximum Gasteiger partial charge on any atom is 0.167 e. The van der Waals surface area contributed by atoms with Crippen LogP contribution in [-0.4, -0.2) is 24.1 Å². The summed E-state index contributed by atoms with van der Waals surface area (Å²) < 4.78 is 18.0. The van der Waals surface area contributed by atoms with E-state index in [1.807, 2.05) is 36.4 Å². The van der Waals surface area contributed by atoms with E-state index in [1.54, 1.807) is 0 Å². The van der Waals surface area contributed by atoms with Gasteiger partial charge in [0, 0.05) is 59.9 Å². The fraction of sp³-hybridized carbons (Fsp3) is 0. The van der Waals surface area contributed by atoms with Crippen molar-refractivity contribution in [1.82, 2.24) is 24.1 Å². The fourth-order valence-electron chi connectivity index (χ4n) is 11.8. The van der Waals surface area contributed by atoms with Crippen LogP contribution in [0.4, 0.5) is 0 Å². The number of fused-ring (bicyclic) bond motifs is 12. The first-order valence-electron chi connectivity index (χ1n) is 25.6. The van der Waals surface area contributed by atoms with Crippen molar-refractivity contribution < 1.29 is 8.83 Å². The Balaban J connectivity index is 0.943. The number of benzene rings is 11. The van der Waals surface area contributed by atoms with Gasteiger partial charge in [-0.05, 0) is 101 Å². The van der Waals surface area contributed by atoms with Gasteiger partial charge in [0.1, 0.15) is 22.3 Å². The number of furan rings is 2. The molecule has 0 spiro atoms. The molecule has 0 saturated heterocycles. The predicted molar refractivity (Wildman–Crippen MR) is 310 cm³/mol. The monoisotopic (exact) mass is 971 g/mol.